The van der Waals surface area contributed by atoms with Crippen LogP contribution in [0.25, 0.3) is 0 Å². The number of rotatable bonds is 3. The van der Waals surface area contributed by atoms with Gasteiger partial charge in [-0.2, -0.15) is 0 Å². The molecule has 0 aromatic heterocycles. The first-order valence-electron chi connectivity index (χ1n) is 5.10. The zero-order valence-corrected chi connectivity index (χ0v) is 9.25. The van der Waals surface area contributed by atoms with Crippen LogP contribution in [0.4, 0.5) is 5.69 Å². The van der Waals surface area contributed by atoms with Crippen molar-refractivity contribution in [2.24, 2.45) is 0 Å². The van der Waals surface area contributed by atoms with Crippen LogP contribution in [-0.4, -0.2) is 13.6 Å². The van der Waals surface area contributed by atoms with E-state index in [1.807, 2.05) is 19.9 Å². The fourth-order valence-corrected chi connectivity index (χ4v) is 1.15. The average molecular weight is 179 g/mol. The van der Waals surface area contributed by atoms with Crippen LogP contribution in [0.3, 0.4) is 0 Å². The molecule has 1 nitrogen and oxygen atoms in total. The normalized spacial score (nSPS) is 8.62. The number of para-hydroxylation sites is 1. The van der Waals surface area contributed by atoms with Crippen molar-refractivity contribution >= 4 is 5.69 Å². The summed E-state index contributed by atoms with van der Waals surface area (Å²) in [7, 11) is 2.12. The van der Waals surface area contributed by atoms with Crippen molar-refractivity contribution in [3.63, 3.8) is 0 Å². The van der Waals surface area contributed by atoms with Crippen LogP contribution < -0.4 is 4.90 Å². The molecule has 0 aliphatic carbocycles. The molecule has 0 saturated carbocycles. The van der Waals surface area contributed by atoms with E-state index in [9.17, 15) is 0 Å². The lowest BCUT2D eigenvalue weighted by Gasteiger charge is -2.17. The topological polar surface area (TPSA) is 3.24 Å². The highest BCUT2D eigenvalue weighted by molar-refractivity contribution is 5.44. The Morgan fingerprint density at radius 1 is 1.08 bits per heavy atom. The van der Waals surface area contributed by atoms with Gasteiger partial charge in [0.05, 0.1) is 0 Å². The first-order chi connectivity index (χ1) is 6.34. The molecule has 1 rings (SSSR count). The van der Waals surface area contributed by atoms with Gasteiger partial charge in [0.2, 0.25) is 0 Å². The lowest BCUT2D eigenvalue weighted by molar-refractivity contribution is 0.852. The Balaban J connectivity index is 0.000000671. The Kier molecular flexibility index (Phi) is 7.08. The van der Waals surface area contributed by atoms with Gasteiger partial charge >= 0.3 is 0 Å². The van der Waals surface area contributed by atoms with Gasteiger partial charge in [-0.15, -0.1) is 0 Å². The number of hydrogen-bond donors (Lipinski definition) is 0. The number of nitrogens with zero attached hydrogens (tertiary/aromatic N) is 1. The molecule has 0 radical (unpaired) electrons. The van der Waals surface area contributed by atoms with Gasteiger partial charge < -0.3 is 4.90 Å². The molecular weight excluding hydrogens is 158 g/mol. The third-order valence-electron chi connectivity index (χ3n) is 1.76. The van der Waals surface area contributed by atoms with Crippen LogP contribution in [0, 0.1) is 0 Å². The van der Waals surface area contributed by atoms with Gasteiger partial charge in [-0.25, -0.2) is 0 Å². The zero-order chi connectivity index (χ0) is 10.1. The minimum atomic E-state index is 1.13. The van der Waals surface area contributed by atoms with E-state index in [2.05, 4.69) is 43.1 Å². The highest BCUT2D eigenvalue weighted by Crippen LogP contribution is 2.10. The van der Waals surface area contributed by atoms with Gasteiger partial charge in [-0.3, -0.25) is 0 Å². The lowest BCUT2D eigenvalue weighted by Crippen LogP contribution is -2.17. The second-order valence-electron chi connectivity index (χ2n) is 2.76. The van der Waals surface area contributed by atoms with Crippen molar-refractivity contribution in [1.82, 2.24) is 0 Å². The zero-order valence-electron chi connectivity index (χ0n) is 9.25. The standard InChI is InChI=1S/C10H15N.C2H6/c1-3-9-11(2)10-7-5-4-6-8-10;1-2/h4-8H,3,9H2,1-2H3;1-2H3. The predicted molar refractivity (Wildman–Crippen MR) is 61.4 cm³/mol. The summed E-state index contributed by atoms with van der Waals surface area (Å²) in [4.78, 5) is 2.26. The van der Waals surface area contributed by atoms with E-state index < -0.39 is 0 Å². The molecule has 0 amide bonds. The minimum absolute atomic E-state index is 1.13. The van der Waals surface area contributed by atoms with Crippen LogP contribution in [0.1, 0.15) is 27.2 Å². The van der Waals surface area contributed by atoms with Crippen molar-refractivity contribution in [3.8, 4) is 0 Å². The van der Waals surface area contributed by atoms with E-state index in [-0.39, 0.29) is 0 Å². The van der Waals surface area contributed by atoms with E-state index in [1.54, 1.807) is 0 Å². The van der Waals surface area contributed by atoms with Crippen LogP contribution in [0.2, 0.25) is 0 Å². The van der Waals surface area contributed by atoms with Crippen molar-refractivity contribution in [1.29, 1.82) is 0 Å². The van der Waals surface area contributed by atoms with Crippen molar-refractivity contribution in [2.75, 3.05) is 18.5 Å². The van der Waals surface area contributed by atoms with Gasteiger partial charge in [0.1, 0.15) is 0 Å². The maximum absolute atomic E-state index is 2.26. The van der Waals surface area contributed by atoms with Crippen LogP contribution in [-0.2, 0) is 0 Å². The summed E-state index contributed by atoms with van der Waals surface area (Å²) in [5.41, 5.74) is 1.30. The van der Waals surface area contributed by atoms with E-state index in [0.717, 1.165) is 6.54 Å². The molecule has 0 saturated heterocycles. The lowest BCUT2D eigenvalue weighted by atomic mass is 10.3. The number of hydrogen-bond acceptors (Lipinski definition) is 1. The second-order valence-corrected chi connectivity index (χ2v) is 2.76. The summed E-state index contributed by atoms with van der Waals surface area (Å²) >= 11 is 0. The highest BCUT2D eigenvalue weighted by atomic mass is 15.1. The maximum atomic E-state index is 2.26. The molecule has 0 fully saturated rings. The van der Waals surface area contributed by atoms with E-state index in [4.69, 9.17) is 0 Å². The summed E-state index contributed by atoms with van der Waals surface area (Å²) in [6, 6.07) is 10.5. The van der Waals surface area contributed by atoms with Crippen LogP contribution >= 0.6 is 0 Å². The largest absolute Gasteiger partial charge is 0.375 e. The van der Waals surface area contributed by atoms with Crippen molar-refractivity contribution in [2.45, 2.75) is 27.2 Å². The Morgan fingerprint density at radius 3 is 2.08 bits per heavy atom. The molecule has 74 valence electrons. The smallest absolute Gasteiger partial charge is 0.0363 e. The van der Waals surface area contributed by atoms with E-state index >= 15 is 0 Å². The SMILES string of the molecule is CC.CCCN(C)c1ccccc1. The summed E-state index contributed by atoms with van der Waals surface area (Å²) in [6.45, 7) is 7.32. The maximum Gasteiger partial charge on any atom is 0.0363 e. The van der Waals surface area contributed by atoms with Crippen LogP contribution in [0.5, 0.6) is 0 Å². The first kappa shape index (κ1) is 12.0. The number of benzene rings is 1. The average Bonchev–Trinajstić information content (AvgIpc) is 2.23. The first-order valence-corrected chi connectivity index (χ1v) is 5.10. The Bertz CT molecular complexity index is 194. The molecule has 0 heterocycles. The third-order valence-corrected chi connectivity index (χ3v) is 1.76. The van der Waals surface area contributed by atoms with Gasteiger partial charge in [-0.05, 0) is 18.6 Å². The fourth-order valence-electron chi connectivity index (χ4n) is 1.15. The molecule has 1 aromatic carbocycles. The van der Waals surface area contributed by atoms with E-state index in [0.29, 0.717) is 0 Å². The van der Waals surface area contributed by atoms with Crippen LogP contribution in [0.15, 0.2) is 30.3 Å². The Morgan fingerprint density at radius 2 is 1.62 bits per heavy atom. The molecule has 0 unspecified atom stereocenters. The summed E-state index contributed by atoms with van der Waals surface area (Å²) < 4.78 is 0. The molecule has 0 spiro atoms. The molecule has 1 heteroatoms. The van der Waals surface area contributed by atoms with Crippen molar-refractivity contribution in [3.05, 3.63) is 30.3 Å². The molecule has 1 aromatic rings. The molecule has 0 aliphatic rings. The van der Waals surface area contributed by atoms with E-state index in [1.165, 1.54) is 12.1 Å². The van der Waals surface area contributed by atoms with Gasteiger partial charge in [0, 0.05) is 19.3 Å². The summed E-state index contributed by atoms with van der Waals surface area (Å²) in [5.74, 6) is 0. The summed E-state index contributed by atoms with van der Waals surface area (Å²) in [6.07, 6.45) is 1.20. The number of anilines is 1. The summed E-state index contributed by atoms with van der Waals surface area (Å²) in [5, 5.41) is 0. The molecule has 0 atom stereocenters. The monoisotopic (exact) mass is 179 g/mol. The van der Waals surface area contributed by atoms with Gasteiger partial charge in [-0.1, -0.05) is 39.0 Å². The second kappa shape index (κ2) is 7.66. The Hall–Kier alpha value is -0.980. The molecule has 0 bridgehead atoms. The predicted octanol–water partition coefficient (Wildman–Crippen LogP) is 3.56. The third kappa shape index (κ3) is 4.56. The molecular formula is C12H21N. The van der Waals surface area contributed by atoms with Gasteiger partial charge in [0.15, 0.2) is 0 Å². The quantitative estimate of drug-likeness (QED) is 0.685. The Labute approximate surface area is 82.4 Å². The molecule has 0 aliphatic heterocycles. The minimum Gasteiger partial charge on any atom is -0.375 e. The fraction of sp³-hybridized carbons (Fsp3) is 0.500. The molecule has 0 N–H and O–H groups in total. The van der Waals surface area contributed by atoms with Gasteiger partial charge in [0.25, 0.3) is 0 Å². The highest BCUT2D eigenvalue weighted by Gasteiger charge is 1.95. The molecule has 13 heavy (non-hydrogen) atoms. The van der Waals surface area contributed by atoms with Crippen molar-refractivity contribution < 1.29 is 0 Å².